The van der Waals surface area contributed by atoms with Crippen LogP contribution in [0.3, 0.4) is 0 Å². The summed E-state index contributed by atoms with van der Waals surface area (Å²) in [6, 6.07) is 0. The molecule has 0 saturated heterocycles. The molecule has 0 spiro atoms. The highest BCUT2D eigenvalue weighted by Crippen LogP contribution is 2.31. The summed E-state index contributed by atoms with van der Waals surface area (Å²) >= 11 is 1.53. The largest absolute Gasteiger partial charge is 0.443 e. The number of nitrogens with zero attached hydrogens (tertiary/aromatic N) is 1. The first kappa shape index (κ1) is 14.0. The van der Waals surface area contributed by atoms with Gasteiger partial charge in [0, 0.05) is 6.54 Å². The van der Waals surface area contributed by atoms with E-state index in [0.717, 1.165) is 16.1 Å². The van der Waals surface area contributed by atoms with Crippen molar-refractivity contribution < 1.29 is 9.53 Å². The SMILES string of the molecule is [CH2]c1csc(N(CC)C(=O)OC(C)(C)C)c1C. The number of hydrogen-bond donors (Lipinski definition) is 0. The van der Waals surface area contributed by atoms with Crippen LogP contribution in [0.1, 0.15) is 38.8 Å². The van der Waals surface area contributed by atoms with Gasteiger partial charge in [-0.05, 0) is 58.0 Å². The minimum absolute atomic E-state index is 0.301. The molecule has 1 amide bonds. The second-order valence-corrected chi connectivity index (χ2v) is 5.77. The van der Waals surface area contributed by atoms with Crippen molar-refractivity contribution in [3.8, 4) is 0 Å². The molecule has 1 aromatic heterocycles. The lowest BCUT2D eigenvalue weighted by atomic mass is 10.2. The summed E-state index contributed by atoms with van der Waals surface area (Å²) in [5.41, 5.74) is 1.54. The van der Waals surface area contributed by atoms with E-state index in [2.05, 4.69) is 6.92 Å². The fraction of sp³-hybridized carbons (Fsp3) is 0.538. The van der Waals surface area contributed by atoms with E-state index in [9.17, 15) is 4.79 Å². The molecule has 95 valence electrons. The van der Waals surface area contributed by atoms with Crippen LogP contribution in [0, 0.1) is 13.8 Å². The van der Waals surface area contributed by atoms with Gasteiger partial charge in [0.2, 0.25) is 0 Å². The van der Waals surface area contributed by atoms with E-state index in [1.807, 2.05) is 40.0 Å². The first-order valence-corrected chi connectivity index (χ1v) is 6.54. The number of anilines is 1. The molecule has 4 heteroatoms. The van der Waals surface area contributed by atoms with E-state index >= 15 is 0 Å². The number of ether oxygens (including phenoxy) is 1. The molecule has 0 saturated carbocycles. The summed E-state index contributed by atoms with van der Waals surface area (Å²) in [6.45, 7) is 14.0. The van der Waals surface area contributed by atoms with Gasteiger partial charge in [-0.15, -0.1) is 11.3 Å². The van der Waals surface area contributed by atoms with Gasteiger partial charge in [-0.2, -0.15) is 0 Å². The molecule has 1 rings (SSSR count). The molecule has 0 unspecified atom stereocenters. The molecule has 0 aliphatic heterocycles. The molecule has 0 aliphatic carbocycles. The van der Waals surface area contributed by atoms with Crippen LogP contribution in [-0.4, -0.2) is 18.2 Å². The fourth-order valence-electron chi connectivity index (χ4n) is 1.38. The summed E-state index contributed by atoms with van der Waals surface area (Å²) in [5.74, 6) is 0. The highest BCUT2D eigenvalue weighted by molar-refractivity contribution is 7.14. The third kappa shape index (κ3) is 3.46. The molecule has 0 N–H and O–H groups in total. The van der Waals surface area contributed by atoms with E-state index < -0.39 is 5.60 Å². The Morgan fingerprint density at radius 2 is 2.12 bits per heavy atom. The van der Waals surface area contributed by atoms with Gasteiger partial charge in [0.25, 0.3) is 0 Å². The molecular weight excluding hydrogens is 234 g/mol. The lowest BCUT2D eigenvalue weighted by molar-refractivity contribution is 0.0583. The Kier molecular flexibility index (Phi) is 4.20. The van der Waals surface area contributed by atoms with E-state index in [0.29, 0.717) is 6.54 Å². The maximum Gasteiger partial charge on any atom is 0.415 e. The lowest BCUT2D eigenvalue weighted by Crippen LogP contribution is -2.36. The lowest BCUT2D eigenvalue weighted by Gasteiger charge is -2.26. The number of thiophene rings is 1. The van der Waals surface area contributed by atoms with Gasteiger partial charge in [-0.25, -0.2) is 4.79 Å². The first-order valence-electron chi connectivity index (χ1n) is 5.66. The predicted octanol–water partition coefficient (Wildman–Crippen LogP) is 4.00. The normalized spacial score (nSPS) is 11.4. The zero-order valence-corrected chi connectivity index (χ0v) is 12.0. The number of carbonyl (C=O) groups excluding carboxylic acids is 1. The molecule has 0 aliphatic rings. The molecule has 3 nitrogen and oxygen atoms in total. The van der Waals surface area contributed by atoms with E-state index in [-0.39, 0.29) is 6.09 Å². The first-order chi connectivity index (χ1) is 7.76. The minimum Gasteiger partial charge on any atom is -0.443 e. The summed E-state index contributed by atoms with van der Waals surface area (Å²) < 4.78 is 5.38. The monoisotopic (exact) mass is 254 g/mol. The van der Waals surface area contributed by atoms with Gasteiger partial charge in [-0.1, -0.05) is 0 Å². The third-order valence-electron chi connectivity index (χ3n) is 2.29. The summed E-state index contributed by atoms with van der Waals surface area (Å²) in [4.78, 5) is 13.7. The van der Waals surface area contributed by atoms with Crippen LogP contribution in [0.2, 0.25) is 0 Å². The van der Waals surface area contributed by atoms with E-state index in [4.69, 9.17) is 4.74 Å². The molecule has 1 aromatic rings. The maximum absolute atomic E-state index is 12.0. The van der Waals surface area contributed by atoms with Crippen LogP contribution in [-0.2, 0) is 4.74 Å². The van der Waals surface area contributed by atoms with Crippen molar-refractivity contribution in [2.75, 3.05) is 11.4 Å². The number of carbonyl (C=O) groups is 1. The second-order valence-electron chi connectivity index (χ2n) is 4.92. The van der Waals surface area contributed by atoms with Crippen molar-refractivity contribution in [1.82, 2.24) is 0 Å². The number of rotatable bonds is 2. The minimum atomic E-state index is -0.469. The van der Waals surface area contributed by atoms with Crippen LogP contribution in [0.4, 0.5) is 9.80 Å². The van der Waals surface area contributed by atoms with Gasteiger partial charge in [0.1, 0.15) is 10.6 Å². The molecule has 1 heterocycles. The summed E-state index contributed by atoms with van der Waals surface area (Å²) in [6.07, 6.45) is -0.301. The van der Waals surface area contributed by atoms with Gasteiger partial charge in [0.15, 0.2) is 0 Å². The standard InChI is InChI=1S/C13H20NO2S/c1-7-14(12(15)16-13(4,5)6)11-10(3)9(2)8-17-11/h8H,2,7H2,1,3-6H3. The molecule has 1 radical (unpaired) electrons. The Hall–Kier alpha value is -1.03. The quantitative estimate of drug-likeness (QED) is 0.798. The van der Waals surface area contributed by atoms with Crippen LogP contribution >= 0.6 is 11.3 Å². The highest BCUT2D eigenvalue weighted by Gasteiger charge is 2.24. The smallest absolute Gasteiger partial charge is 0.415 e. The fourth-order valence-corrected chi connectivity index (χ4v) is 2.45. The molecule has 0 atom stereocenters. The number of hydrogen-bond acceptors (Lipinski definition) is 3. The van der Waals surface area contributed by atoms with E-state index in [1.165, 1.54) is 11.3 Å². The van der Waals surface area contributed by atoms with Crippen molar-refractivity contribution >= 4 is 22.4 Å². The van der Waals surface area contributed by atoms with Crippen LogP contribution < -0.4 is 4.90 Å². The molecule has 0 fully saturated rings. The summed E-state index contributed by atoms with van der Waals surface area (Å²) in [7, 11) is 0. The third-order valence-corrected chi connectivity index (χ3v) is 3.44. The highest BCUT2D eigenvalue weighted by atomic mass is 32.1. The Labute approximate surface area is 107 Å². The van der Waals surface area contributed by atoms with E-state index in [1.54, 1.807) is 4.90 Å². The average Bonchev–Trinajstić information content (AvgIpc) is 2.48. The molecule has 17 heavy (non-hydrogen) atoms. The molecule has 0 bridgehead atoms. The number of amides is 1. The van der Waals surface area contributed by atoms with Crippen molar-refractivity contribution in [3.63, 3.8) is 0 Å². The Morgan fingerprint density at radius 3 is 2.47 bits per heavy atom. The maximum atomic E-state index is 12.0. The Morgan fingerprint density at radius 1 is 1.53 bits per heavy atom. The van der Waals surface area contributed by atoms with Crippen molar-refractivity contribution in [1.29, 1.82) is 0 Å². The van der Waals surface area contributed by atoms with Crippen LogP contribution in [0.15, 0.2) is 5.38 Å². The average molecular weight is 254 g/mol. The van der Waals surface area contributed by atoms with Crippen molar-refractivity contribution in [2.45, 2.75) is 40.2 Å². The Bertz CT molecular complexity index is 404. The van der Waals surface area contributed by atoms with Crippen molar-refractivity contribution in [3.05, 3.63) is 23.4 Å². The van der Waals surface area contributed by atoms with Gasteiger partial charge in [-0.3, -0.25) is 4.90 Å². The zero-order valence-electron chi connectivity index (χ0n) is 11.2. The Balaban J connectivity index is 2.93. The van der Waals surface area contributed by atoms with Crippen LogP contribution in [0.25, 0.3) is 0 Å². The summed E-state index contributed by atoms with van der Waals surface area (Å²) in [5, 5.41) is 2.88. The molecular formula is C13H20NO2S. The van der Waals surface area contributed by atoms with Crippen LogP contribution in [0.5, 0.6) is 0 Å². The zero-order chi connectivity index (χ0) is 13.2. The second kappa shape index (κ2) is 5.08. The van der Waals surface area contributed by atoms with Gasteiger partial charge in [0.05, 0.1) is 0 Å². The van der Waals surface area contributed by atoms with Gasteiger partial charge >= 0.3 is 6.09 Å². The van der Waals surface area contributed by atoms with Gasteiger partial charge < -0.3 is 4.74 Å². The topological polar surface area (TPSA) is 29.5 Å². The molecule has 0 aromatic carbocycles. The van der Waals surface area contributed by atoms with Crippen molar-refractivity contribution in [2.24, 2.45) is 0 Å². The predicted molar refractivity (Wildman–Crippen MR) is 72.8 cm³/mol.